The fourth-order valence-electron chi connectivity index (χ4n) is 5.13. The molecule has 36 heavy (non-hydrogen) atoms. The lowest BCUT2D eigenvalue weighted by Gasteiger charge is -2.29. The molecule has 192 valence electrons. The zero-order chi connectivity index (χ0) is 25.7. The number of halogens is 5. The van der Waals surface area contributed by atoms with Crippen molar-refractivity contribution < 1.29 is 26.7 Å². The Kier molecular flexibility index (Phi) is 8.65. The maximum absolute atomic E-state index is 14.7. The summed E-state index contributed by atoms with van der Waals surface area (Å²) in [5.41, 5.74) is 2.21. The fraction of sp³-hybridized carbons (Fsp3) is 0.400. The SMILES string of the molecule is CCCCCC1CCC(c2ccc(-c3cc(F)c(OCc4cc(F)c(F)c(F)c4)c(F)c3)cc2)CC1. The van der Waals surface area contributed by atoms with Gasteiger partial charge in [0.1, 0.15) is 6.61 Å². The van der Waals surface area contributed by atoms with Crippen LogP contribution in [0.15, 0.2) is 48.5 Å². The molecule has 4 rings (SSSR count). The smallest absolute Gasteiger partial charge is 0.194 e. The van der Waals surface area contributed by atoms with Gasteiger partial charge in [-0.15, -0.1) is 0 Å². The summed E-state index contributed by atoms with van der Waals surface area (Å²) in [5, 5.41) is 0. The maximum Gasteiger partial charge on any atom is 0.194 e. The first kappa shape index (κ1) is 26.2. The molecule has 3 aromatic carbocycles. The molecule has 0 spiro atoms. The van der Waals surface area contributed by atoms with E-state index in [-0.39, 0.29) is 5.56 Å². The van der Waals surface area contributed by atoms with Gasteiger partial charge in [0.2, 0.25) is 0 Å². The van der Waals surface area contributed by atoms with Crippen molar-refractivity contribution in [3.8, 4) is 16.9 Å². The number of rotatable bonds is 9. The van der Waals surface area contributed by atoms with E-state index >= 15 is 0 Å². The van der Waals surface area contributed by atoms with E-state index in [9.17, 15) is 22.0 Å². The molecule has 6 heteroatoms. The number of hydrogen-bond donors (Lipinski definition) is 0. The minimum atomic E-state index is -1.61. The lowest BCUT2D eigenvalue weighted by molar-refractivity contribution is 0.272. The molecule has 0 N–H and O–H groups in total. The van der Waals surface area contributed by atoms with E-state index in [1.165, 1.54) is 69.1 Å². The van der Waals surface area contributed by atoms with Gasteiger partial charge < -0.3 is 4.74 Å². The van der Waals surface area contributed by atoms with Crippen LogP contribution in [-0.4, -0.2) is 0 Å². The first-order chi connectivity index (χ1) is 17.4. The molecule has 0 radical (unpaired) electrons. The van der Waals surface area contributed by atoms with Crippen LogP contribution in [0.2, 0.25) is 0 Å². The zero-order valence-electron chi connectivity index (χ0n) is 20.4. The lowest BCUT2D eigenvalue weighted by atomic mass is 9.77. The van der Waals surface area contributed by atoms with Gasteiger partial charge in [0.15, 0.2) is 34.8 Å². The van der Waals surface area contributed by atoms with Gasteiger partial charge in [0, 0.05) is 0 Å². The predicted molar refractivity (Wildman–Crippen MR) is 131 cm³/mol. The largest absolute Gasteiger partial charge is 0.483 e. The fourth-order valence-corrected chi connectivity index (χ4v) is 5.13. The second kappa shape index (κ2) is 11.9. The Morgan fingerprint density at radius 1 is 0.722 bits per heavy atom. The van der Waals surface area contributed by atoms with Crippen molar-refractivity contribution >= 4 is 0 Å². The summed E-state index contributed by atoms with van der Waals surface area (Å²) in [6, 6.07) is 11.6. The molecule has 0 atom stereocenters. The van der Waals surface area contributed by atoms with Crippen molar-refractivity contribution in [2.45, 2.75) is 70.8 Å². The minimum absolute atomic E-state index is 0.0835. The minimum Gasteiger partial charge on any atom is -0.483 e. The average molecular weight is 503 g/mol. The molecule has 1 fully saturated rings. The average Bonchev–Trinajstić information content (AvgIpc) is 2.87. The topological polar surface area (TPSA) is 9.23 Å². The van der Waals surface area contributed by atoms with Crippen LogP contribution < -0.4 is 4.74 Å². The standard InChI is InChI=1S/C30H31F5O/c1-2-3-4-5-19-6-8-21(9-7-19)22-10-12-23(13-11-22)24-16-27(33)30(28(34)17-24)36-18-20-14-25(31)29(35)26(32)15-20/h10-17,19,21H,2-9,18H2,1H3. The predicted octanol–water partition coefficient (Wildman–Crippen LogP) is 9.48. The Balaban J connectivity index is 1.39. The van der Waals surface area contributed by atoms with Crippen molar-refractivity contribution in [3.63, 3.8) is 0 Å². The summed E-state index contributed by atoms with van der Waals surface area (Å²) in [6.07, 6.45) is 10.1. The summed E-state index contributed by atoms with van der Waals surface area (Å²) in [5.74, 6) is -5.57. The van der Waals surface area contributed by atoms with E-state index in [4.69, 9.17) is 4.74 Å². The number of benzene rings is 3. The van der Waals surface area contributed by atoms with Gasteiger partial charge in [-0.3, -0.25) is 0 Å². The summed E-state index contributed by atoms with van der Waals surface area (Å²) in [7, 11) is 0. The van der Waals surface area contributed by atoms with Crippen molar-refractivity contribution in [1.82, 2.24) is 0 Å². The monoisotopic (exact) mass is 502 g/mol. The molecular formula is C30H31F5O. The van der Waals surface area contributed by atoms with Crippen LogP contribution in [-0.2, 0) is 6.61 Å². The molecule has 0 amide bonds. The summed E-state index contributed by atoms with van der Waals surface area (Å²) in [6.45, 7) is 1.71. The van der Waals surface area contributed by atoms with Crippen molar-refractivity contribution in [3.05, 3.63) is 88.7 Å². The van der Waals surface area contributed by atoms with Crippen LogP contribution in [0.1, 0.15) is 75.3 Å². The third kappa shape index (κ3) is 6.26. The summed E-state index contributed by atoms with van der Waals surface area (Å²) < 4.78 is 74.3. The highest BCUT2D eigenvalue weighted by Crippen LogP contribution is 2.38. The van der Waals surface area contributed by atoms with Gasteiger partial charge >= 0.3 is 0 Å². The third-order valence-electron chi connectivity index (χ3n) is 7.20. The molecule has 0 aromatic heterocycles. The van der Waals surface area contributed by atoms with Gasteiger partial charge in [-0.05, 0) is 84.0 Å². The summed E-state index contributed by atoms with van der Waals surface area (Å²) >= 11 is 0. The van der Waals surface area contributed by atoms with E-state index in [2.05, 4.69) is 6.92 Å². The molecule has 0 saturated heterocycles. The second-order valence-electron chi connectivity index (χ2n) is 9.77. The Morgan fingerprint density at radius 2 is 1.33 bits per heavy atom. The molecular weight excluding hydrogens is 471 g/mol. The van der Waals surface area contributed by atoms with Crippen LogP contribution >= 0.6 is 0 Å². The quantitative estimate of drug-likeness (QED) is 0.161. The van der Waals surface area contributed by atoms with Crippen LogP contribution in [0.5, 0.6) is 5.75 Å². The van der Waals surface area contributed by atoms with E-state index in [1.807, 2.05) is 24.3 Å². The van der Waals surface area contributed by atoms with Crippen LogP contribution in [0.4, 0.5) is 22.0 Å². The molecule has 0 unspecified atom stereocenters. The van der Waals surface area contributed by atoms with Crippen molar-refractivity contribution in [2.75, 3.05) is 0 Å². The highest BCUT2D eigenvalue weighted by molar-refractivity contribution is 5.65. The third-order valence-corrected chi connectivity index (χ3v) is 7.20. The Morgan fingerprint density at radius 3 is 1.92 bits per heavy atom. The van der Waals surface area contributed by atoms with E-state index in [1.54, 1.807) is 0 Å². The summed E-state index contributed by atoms with van der Waals surface area (Å²) in [4.78, 5) is 0. The van der Waals surface area contributed by atoms with Crippen LogP contribution in [0, 0.1) is 35.0 Å². The molecule has 3 aromatic rings. The molecule has 0 bridgehead atoms. The van der Waals surface area contributed by atoms with Gasteiger partial charge in [-0.25, -0.2) is 22.0 Å². The zero-order valence-corrected chi connectivity index (χ0v) is 20.4. The van der Waals surface area contributed by atoms with Crippen molar-refractivity contribution in [1.29, 1.82) is 0 Å². The maximum atomic E-state index is 14.7. The second-order valence-corrected chi connectivity index (χ2v) is 9.77. The number of unbranched alkanes of at least 4 members (excludes halogenated alkanes) is 2. The molecule has 1 nitrogen and oxygen atoms in total. The lowest BCUT2D eigenvalue weighted by Crippen LogP contribution is -2.13. The van der Waals surface area contributed by atoms with Crippen molar-refractivity contribution in [2.24, 2.45) is 5.92 Å². The Hall–Kier alpha value is -2.89. The van der Waals surface area contributed by atoms with Crippen LogP contribution in [0.3, 0.4) is 0 Å². The van der Waals surface area contributed by atoms with Gasteiger partial charge in [0.05, 0.1) is 0 Å². The number of ether oxygens (including phenoxy) is 1. The molecule has 0 heterocycles. The molecule has 0 aliphatic heterocycles. The first-order valence-corrected chi connectivity index (χ1v) is 12.7. The van der Waals surface area contributed by atoms with E-state index in [0.717, 1.165) is 18.1 Å². The molecule has 1 saturated carbocycles. The van der Waals surface area contributed by atoms with Gasteiger partial charge in [0.25, 0.3) is 0 Å². The highest BCUT2D eigenvalue weighted by atomic mass is 19.2. The van der Waals surface area contributed by atoms with E-state index in [0.29, 0.717) is 17.0 Å². The highest BCUT2D eigenvalue weighted by Gasteiger charge is 2.22. The normalized spacial score (nSPS) is 17.8. The Labute approximate surface area is 209 Å². The first-order valence-electron chi connectivity index (χ1n) is 12.7. The van der Waals surface area contributed by atoms with E-state index < -0.39 is 41.4 Å². The number of hydrogen-bond acceptors (Lipinski definition) is 1. The van der Waals surface area contributed by atoms with Gasteiger partial charge in [-0.2, -0.15) is 0 Å². The Bertz CT molecular complexity index is 1120. The van der Waals surface area contributed by atoms with Crippen LogP contribution in [0.25, 0.3) is 11.1 Å². The molecule has 1 aliphatic rings. The molecule has 1 aliphatic carbocycles. The van der Waals surface area contributed by atoms with Gasteiger partial charge in [-0.1, -0.05) is 56.9 Å².